The lowest BCUT2D eigenvalue weighted by molar-refractivity contribution is 0.102. The van der Waals surface area contributed by atoms with Crippen molar-refractivity contribution >= 4 is 21.6 Å². The number of aromatic nitrogens is 1. The van der Waals surface area contributed by atoms with E-state index in [1.165, 1.54) is 31.7 Å². The van der Waals surface area contributed by atoms with Crippen LogP contribution < -0.4 is 14.8 Å². The van der Waals surface area contributed by atoms with Gasteiger partial charge in [0.1, 0.15) is 10.6 Å². The number of ether oxygens (including phenoxy) is 1. The summed E-state index contributed by atoms with van der Waals surface area (Å²) in [6.45, 7) is 3.42. The molecule has 2 aromatic carbocycles. The number of methoxy groups -OCH3 is 1. The Morgan fingerprint density at radius 2 is 1.97 bits per heavy atom. The summed E-state index contributed by atoms with van der Waals surface area (Å²) in [6.07, 6.45) is 2.90. The molecule has 0 saturated carbocycles. The Morgan fingerprint density at radius 1 is 1.17 bits per heavy atom. The Hall–Kier alpha value is -3.17. The molecular formula is C20H21N3O5S. The number of nitrogens with zero attached hydrogens (tertiary/aromatic N) is 1. The van der Waals surface area contributed by atoms with Gasteiger partial charge in [0.15, 0.2) is 12.2 Å². The summed E-state index contributed by atoms with van der Waals surface area (Å²) in [6, 6.07) is 11.0. The fraction of sp³-hybridized carbons (Fsp3) is 0.200. The zero-order chi connectivity index (χ0) is 21.0. The highest BCUT2D eigenvalue weighted by Gasteiger charge is 2.22. The lowest BCUT2D eigenvalue weighted by Crippen LogP contribution is -2.30. The van der Waals surface area contributed by atoms with E-state index in [1.807, 2.05) is 6.07 Å². The number of sulfonamides is 1. The molecule has 0 bridgehead atoms. The van der Waals surface area contributed by atoms with Crippen LogP contribution in [0.2, 0.25) is 0 Å². The molecular weight excluding hydrogens is 394 g/mol. The molecule has 0 atom stereocenters. The van der Waals surface area contributed by atoms with E-state index in [-0.39, 0.29) is 22.3 Å². The molecule has 2 N–H and O–H groups in total. The fourth-order valence-electron chi connectivity index (χ4n) is 2.71. The number of carbonyl (C=O) groups excluding carboxylic acids is 1. The second kappa shape index (κ2) is 8.46. The van der Waals surface area contributed by atoms with E-state index in [4.69, 9.17) is 9.15 Å². The quantitative estimate of drug-likeness (QED) is 0.613. The van der Waals surface area contributed by atoms with E-state index in [9.17, 15) is 13.2 Å². The minimum Gasteiger partial charge on any atom is -0.495 e. The summed E-state index contributed by atoms with van der Waals surface area (Å²) in [4.78, 5) is 16.5. The molecule has 0 spiro atoms. The summed E-state index contributed by atoms with van der Waals surface area (Å²) >= 11 is 0. The Morgan fingerprint density at radius 3 is 2.62 bits per heavy atom. The van der Waals surface area contributed by atoms with Gasteiger partial charge in [0, 0.05) is 22.9 Å². The van der Waals surface area contributed by atoms with Crippen LogP contribution in [0.1, 0.15) is 24.2 Å². The number of carbonyl (C=O) groups is 1. The van der Waals surface area contributed by atoms with Crippen molar-refractivity contribution in [2.24, 2.45) is 0 Å². The van der Waals surface area contributed by atoms with Crippen molar-refractivity contribution in [2.75, 3.05) is 12.4 Å². The van der Waals surface area contributed by atoms with Crippen LogP contribution in [0, 0.1) is 0 Å². The Labute approximate surface area is 169 Å². The number of oxazole rings is 1. The van der Waals surface area contributed by atoms with Crippen LogP contribution in [-0.4, -0.2) is 32.5 Å². The van der Waals surface area contributed by atoms with Crippen LogP contribution in [-0.2, 0) is 10.0 Å². The molecule has 3 rings (SSSR count). The molecule has 0 fully saturated rings. The van der Waals surface area contributed by atoms with Gasteiger partial charge in [-0.2, -0.15) is 0 Å². The number of nitrogens with one attached hydrogen (secondary N) is 2. The Balaban J connectivity index is 1.88. The molecule has 1 aromatic heterocycles. The van der Waals surface area contributed by atoms with Crippen molar-refractivity contribution in [3.8, 4) is 17.1 Å². The highest BCUT2D eigenvalue weighted by atomic mass is 32.2. The van der Waals surface area contributed by atoms with E-state index in [1.54, 1.807) is 38.2 Å². The molecule has 1 heterocycles. The van der Waals surface area contributed by atoms with Gasteiger partial charge in [-0.25, -0.2) is 18.1 Å². The van der Waals surface area contributed by atoms with E-state index in [0.717, 1.165) is 5.56 Å². The standard InChI is InChI=1S/C20H21N3O5S/c1-13(2)23-29(25,26)19-10-15(7-8-17(19)27-3)20(24)22-16-6-4-5-14(9-16)18-11-21-12-28-18/h4-13,23H,1-3H3,(H,22,24). The van der Waals surface area contributed by atoms with E-state index < -0.39 is 15.9 Å². The van der Waals surface area contributed by atoms with Crippen LogP contribution in [0.25, 0.3) is 11.3 Å². The molecule has 8 nitrogen and oxygen atoms in total. The van der Waals surface area contributed by atoms with E-state index in [0.29, 0.717) is 11.4 Å². The van der Waals surface area contributed by atoms with E-state index in [2.05, 4.69) is 15.0 Å². The van der Waals surface area contributed by atoms with Crippen LogP contribution in [0.3, 0.4) is 0 Å². The SMILES string of the molecule is COc1ccc(C(=O)Nc2cccc(-c3cnco3)c2)cc1S(=O)(=O)NC(C)C. The second-order valence-corrected chi connectivity index (χ2v) is 8.22. The average molecular weight is 415 g/mol. The highest BCUT2D eigenvalue weighted by Crippen LogP contribution is 2.26. The molecule has 29 heavy (non-hydrogen) atoms. The van der Waals surface area contributed by atoms with Crippen LogP contribution in [0.5, 0.6) is 5.75 Å². The molecule has 3 aromatic rings. The molecule has 0 aliphatic carbocycles. The summed E-state index contributed by atoms with van der Waals surface area (Å²) in [5.41, 5.74) is 1.46. The second-order valence-electron chi connectivity index (χ2n) is 6.54. The number of anilines is 1. The largest absolute Gasteiger partial charge is 0.495 e. The first-order valence-corrected chi connectivity index (χ1v) is 10.3. The maximum atomic E-state index is 12.7. The first kappa shape index (κ1) is 20.6. The third-order valence-corrected chi connectivity index (χ3v) is 5.62. The van der Waals surface area contributed by atoms with Crippen molar-refractivity contribution in [2.45, 2.75) is 24.8 Å². The number of rotatable bonds is 7. The minimum absolute atomic E-state index is 0.100. The molecule has 9 heteroatoms. The first-order valence-electron chi connectivity index (χ1n) is 8.81. The van der Waals surface area contributed by atoms with Crippen molar-refractivity contribution in [1.29, 1.82) is 0 Å². The number of hydrogen-bond acceptors (Lipinski definition) is 6. The third-order valence-electron chi connectivity index (χ3n) is 3.94. The molecule has 0 radical (unpaired) electrons. The first-order chi connectivity index (χ1) is 13.8. The van der Waals surface area contributed by atoms with Gasteiger partial charge in [-0.3, -0.25) is 4.79 Å². The van der Waals surface area contributed by atoms with Crippen LogP contribution >= 0.6 is 0 Å². The Bertz CT molecular complexity index is 1110. The van der Waals surface area contributed by atoms with Gasteiger partial charge < -0.3 is 14.5 Å². The van der Waals surface area contributed by atoms with Crippen LogP contribution in [0.15, 0.2) is 64.4 Å². The highest BCUT2D eigenvalue weighted by molar-refractivity contribution is 7.89. The predicted octanol–water partition coefficient (Wildman–Crippen LogP) is 3.29. The van der Waals surface area contributed by atoms with Gasteiger partial charge in [0.25, 0.3) is 5.91 Å². The molecule has 0 saturated heterocycles. The van der Waals surface area contributed by atoms with Crippen LogP contribution in [0.4, 0.5) is 5.69 Å². The lowest BCUT2D eigenvalue weighted by Gasteiger charge is -2.14. The maximum absolute atomic E-state index is 12.7. The molecule has 1 amide bonds. The summed E-state index contributed by atoms with van der Waals surface area (Å²) < 4.78 is 38.1. The number of amides is 1. The van der Waals surface area contributed by atoms with Crippen molar-refractivity contribution in [3.63, 3.8) is 0 Å². The van der Waals surface area contributed by atoms with Gasteiger partial charge in [-0.05, 0) is 44.2 Å². The average Bonchev–Trinajstić information content (AvgIpc) is 3.21. The van der Waals surface area contributed by atoms with Gasteiger partial charge in [0.05, 0.1) is 13.3 Å². The molecule has 0 aliphatic heterocycles. The number of benzene rings is 2. The third kappa shape index (κ3) is 4.82. The topological polar surface area (TPSA) is 111 Å². The maximum Gasteiger partial charge on any atom is 0.255 e. The fourth-order valence-corrected chi connectivity index (χ4v) is 4.16. The molecule has 152 valence electrons. The van der Waals surface area contributed by atoms with Gasteiger partial charge in [-0.1, -0.05) is 12.1 Å². The zero-order valence-corrected chi connectivity index (χ0v) is 17.0. The predicted molar refractivity (Wildman–Crippen MR) is 108 cm³/mol. The monoisotopic (exact) mass is 415 g/mol. The zero-order valence-electron chi connectivity index (χ0n) is 16.2. The summed E-state index contributed by atoms with van der Waals surface area (Å²) in [5, 5.41) is 2.76. The molecule has 0 aliphatic rings. The van der Waals surface area contributed by atoms with Gasteiger partial charge in [-0.15, -0.1) is 0 Å². The van der Waals surface area contributed by atoms with Crippen molar-refractivity contribution in [1.82, 2.24) is 9.71 Å². The normalized spacial score (nSPS) is 11.4. The van der Waals surface area contributed by atoms with E-state index >= 15 is 0 Å². The summed E-state index contributed by atoms with van der Waals surface area (Å²) in [7, 11) is -2.47. The smallest absolute Gasteiger partial charge is 0.255 e. The Kier molecular flexibility index (Phi) is 6.00. The van der Waals surface area contributed by atoms with Gasteiger partial charge in [0.2, 0.25) is 10.0 Å². The van der Waals surface area contributed by atoms with Gasteiger partial charge >= 0.3 is 0 Å². The molecule has 0 unspecified atom stereocenters. The number of hydrogen-bond donors (Lipinski definition) is 2. The van der Waals surface area contributed by atoms with Crippen molar-refractivity contribution < 1.29 is 22.4 Å². The minimum atomic E-state index is -3.84. The summed E-state index contributed by atoms with van der Waals surface area (Å²) in [5.74, 6) is 0.268. The van der Waals surface area contributed by atoms with Crippen molar-refractivity contribution in [3.05, 3.63) is 60.6 Å². The lowest BCUT2D eigenvalue weighted by atomic mass is 10.1.